The van der Waals surface area contributed by atoms with Gasteiger partial charge in [-0.3, -0.25) is 4.79 Å². The van der Waals surface area contributed by atoms with Crippen molar-refractivity contribution >= 4 is 5.91 Å². The Morgan fingerprint density at radius 3 is 2.41 bits per heavy atom. The van der Waals surface area contributed by atoms with Crippen molar-refractivity contribution in [2.24, 2.45) is 0 Å². The molecule has 5 nitrogen and oxygen atoms in total. The Balaban J connectivity index is 1.59. The van der Waals surface area contributed by atoms with E-state index in [9.17, 15) is 4.79 Å². The van der Waals surface area contributed by atoms with E-state index < -0.39 is 0 Å². The maximum Gasteiger partial charge on any atom is 0.227 e. The number of hydrogen-bond acceptors (Lipinski definition) is 4. The zero-order valence-electron chi connectivity index (χ0n) is 16.8. The Morgan fingerprint density at radius 2 is 1.89 bits per heavy atom. The third-order valence-corrected chi connectivity index (χ3v) is 5.41. The highest BCUT2D eigenvalue weighted by Crippen LogP contribution is 2.31. The van der Waals surface area contributed by atoms with Crippen LogP contribution in [0.2, 0.25) is 0 Å². The highest BCUT2D eigenvalue weighted by atomic mass is 16.5. The molecule has 1 amide bonds. The quantitative estimate of drug-likeness (QED) is 0.648. The van der Waals surface area contributed by atoms with E-state index in [0.29, 0.717) is 25.1 Å². The Kier molecular flexibility index (Phi) is 6.19. The number of aromatic nitrogens is 1. The zero-order chi connectivity index (χ0) is 19.4. The van der Waals surface area contributed by atoms with E-state index in [1.165, 1.54) is 0 Å². The molecule has 0 bridgehead atoms. The summed E-state index contributed by atoms with van der Waals surface area (Å²) < 4.78 is 11.0. The molecule has 0 radical (unpaired) electrons. The molecule has 0 saturated heterocycles. The molecular formula is C22H30N2O3. The normalized spacial score (nSPS) is 13.8. The lowest BCUT2D eigenvalue weighted by atomic mass is 10.1. The van der Waals surface area contributed by atoms with Gasteiger partial charge in [-0.2, -0.15) is 0 Å². The molecule has 1 aliphatic carbocycles. The lowest BCUT2D eigenvalue weighted by molar-refractivity contribution is -0.133. The fourth-order valence-electron chi connectivity index (χ4n) is 3.57. The lowest BCUT2D eigenvalue weighted by Gasteiger charge is -2.31. The van der Waals surface area contributed by atoms with Crippen LogP contribution in [0.1, 0.15) is 62.1 Å². The Labute approximate surface area is 161 Å². The van der Waals surface area contributed by atoms with E-state index in [-0.39, 0.29) is 5.91 Å². The van der Waals surface area contributed by atoms with Crippen LogP contribution in [0.3, 0.4) is 0 Å². The van der Waals surface area contributed by atoms with Crippen molar-refractivity contribution in [2.75, 3.05) is 0 Å². The average Bonchev–Trinajstić information content (AvgIpc) is 3.45. The van der Waals surface area contributed by atoms with Crippen LogP contribution in [0.15, 0.2) is 28.8 Å². The summed E-state index contributed by atoms with van der Waals surface area (Å²) in [5, 5.41) is 3.94. The highest BCUT2D eigenvalue weighted by Gasteiger charge is 2.35. The number of hydrogen-bond donors (Lipinski definition) is 0. The minimum absolute atomic E-state index is 0.246. The summed E-state index contributed by atoms with van der Waals surface area (Å²) in [4.78, 5) is 15.0. The van der Waals surface area contributed by atoms with Crippen molar-refractivity contribution in [2.45, 2.75) is 78.5 Å². The van der Waals surface area contributed by atoms with Gasteiger partial charge in [0.05, 0.1) is 17.7 Å². The number of carbonyl (C=O) groups is 1. The number of nitrogens with zero attached hydrogens (tertiary/aromatic N) is 2. The lowest BCUT2D eigenvalue weighted by Crippen LogP contribution is -2.42. The molecular weight excluding hydrogens is 340 g/mol. The maximum atomic E-state index is 12.9. The molecule has 0 unspecified atom stereocenters. The zero-order valence-corrected chi connectivity index (χ0v) is 16.8. The summed E-state index contributed by atoms with van der Waals surface area (Å²) in [7, 11) is 0. The van der Waals surface area contributed by atoms with Crippen LogP contribution in [0.25, 0.3) is 0 Å². The van der Waals surface area contributed by atoms with Crippen LogP contribution in [0, 0.1) is 13.8 Å². The first-order valence-electron chi connectivity index (χ1n) is 9.98. The van der Waals surface area contributed by atoms with Gasteiger partial charge in [0, 0.05) is 12.1 Å². The molecule has 0 spiro atoms. The van der Waals surface area contributed by atoms with Gasteiger partial charge in [-0.15, -0.1) is 0 Å². The molecule has 1 aliphatic rings. The number of amides is 1. The van der Waals surface area contributed by atoms with E-state index >= 15 is 0 Å². The van der Waals surface area contributed by atoms with Crippen molar-refractivity contribution in [3.05, 3.63) is 46.8 Å². The molecule has 2 aromatic rings. The summed E-state index contributed by atoms with van der Waals surface area (Å²) in [6.45, 7) is 8.57. The average molecular weight is 370 g/mol. The fourth-order valence-corrected chi connectivity index (χ4v) is 3.57. The monoisotopic (exact) mass is 370 g/mol. The van der Waals surface area contributed by atoms with Gasteiger partial charge in [-0.25, -0.2) is 0 Å². The van der Waals surface area contributed by atoms with Crippen LogP contribution < -0.4 is 4.74 Å². The van der Waals surface area contributed by atoms with Crippen molar-refractivity contribution in [3.8, 4) is 5.75 Å². The molecule has 0 atom stereocenters. The molecule has 0 N–H and O–H groups in total. The maximum absolute atomic E-state index is 12.9. The van der Waals surface area contributed by atoms with Crippen molar-refractivity contribution in [3.63, 3.8) is 0 Å². The number of carbonyl (C=O) groups excluding carboxylic acids is 1. The van der Waals surface area contributed by atoms with Crippen LogP contribution in [-0.4, -0.2) is 28.0 Å². The first-order chi connectivity index (χ1) is 13.0. The van der Waals surface area contributed by atoms with Gasteiger partial charge in [-0.05, 0) is 57.2 Å². The molecule has 146 valence electrons. The van der Waals surface area contributed by atoms with Gasteiger partial charge < -0.3 is 14.2 Å². The van der Waals surface area contributed by atoms with Gasteiger partial charge in [0.15, 0.2) is 0 Å². The standard InChI is InChI=1S/C22H30N2O3/c1-5-18(6-2)24(19-9-10-19)22(25)13-17-7-11-20(12-8-17)26-14-21-15(3)23-27-16(21)4/h7-8,11-12,18-19H,5-6,9-10,13-14H2,1-4H3. The fraction of sp³-hybridized carbons (Fsp3) is 0.545. The smallest absolute Gasteiger partial charge is 0.227 e. The number of benzene rings is 1. The molecule has 1 aromatic heterocycles. The Bertz CT molecular complexity index is 739. The largest absolute Gasteiger partial charge is 0.489 e. The van der Waals surface area contributed by atoms with Gasteiger partial charge in [0.2, 0.25) is 5.91 Å². The van der Waals surface area contributed by atoms with E-state index in [0.717, 1.165) is 54.0 Å². The minimum Gasteiger partial charge on any atom is -0.489 e. The van der Waals surface area contributed by atoms with Crippen LogP contribution in [-0.2, 0) is 17.8 Å². The molecule has 5 heteroatoms. The molecule has 3 rings (SSSR count). The van der Waals surface area contributed by atoms with Crippen LogP contribution in [0.5, 0.6) is 5.75 Å². The Hall–Kier alpha value is -2.30. The predicted molar refractivity (Wildman–Crippen MR) is 105 cm³/mol. The number of ether oxygens (including phenoxy) is 1. The summed E-state index contributed by atoms with van der Waals surface area (Å²) in [6, 6.07) is 8.65. The highest BCUT2D eigenvalue weighted by molar-refractivity contribution is 5.79. The minimum atomic E-state index is 0.246. The van der Waals surface area contributed by atoms with E-state index in [4.69, 9.17) is 9.26 Å². The van der Waals surface area contributed by atoms with Crippen molar-refractivity contribution in [1.82, 2.24) is 10.1 Å². The summed E-state index contributed by atoms with van der Waals surface area (Å²) in [5.74, 6) is 1.82. The van der Waals surface area contributed by atoms with Crippen LogP contribution in [0.4, 0.5) is 0 Å². The second-order valence-electron chi connectivity index (χ2n) is 7.41. The van der Waals surface area contributed by atoms with Crippen LogP contribution >= 0.6 is 0 Å². The molecule has 0 aliphatic heterocycles. The SMILES string of the molecule is CCC(CC)N(C(=O)Cc1ccc(OCc2c(C)noc2C)cc1)C1CC1. The molecule has 1 saturated carbocycles. The summed E-state index contributed by atoms with van der Waals surface area (Å²) in [6.07, 6.45) is 4.80. The van der Waals surface area contributed by atoms with E-state index in [2.05, 4.69) is 23.9 Å². The summed E-state index contributed by atoms with van der Waals surface area (Å²) in [5.41, 5.74) is 2.87. The molecule has 1 heterocycles. The van der Waals surface area contributed by atoms with Crippen molar-refractivity contribution < 1.29 is 14.1 Å². The first kappa shape index (κ1) is 19.5. The summed E-state index contributed by atoms with van der Waals surface area (Å²) >= 11 is 0. The third kappa shape index (κ3) is 4.71. The number of rotatable bonds is 9. The molecule has 27 heavy (non-hydrogen) atoms. The second kappa shape index (κ2) is 8.59. The third-order valence-electron chi connectivity index (χ3n) is 5.41. The first-order valence-corrected chi connectivity index (χ1v) is 9.98. The van der Waals surface area contributed by atoms with E-state index in [1.54, 1.807) is 0 Å². The van der Waals surface area contributed by atoms with Crippen molar-refractivity contribution in [1.29, 1.82) is 0 Å². The molecule has 1 aromatic carbocycles. The predicted octanol–water partition coefficient (Wildman–Crippen LogP) is 4.59. The topological polar surface area (TPSA) is 55.6 Å². The van der Waals surface area contributed by atoms with Gasteiger partial charge in [-0.1, -0.05) is 31.1 Å². The Morgan fingerprint density at radius 1 is 1.22 bits per heavy atom. The second-order valence-corrected chi connectivity index (χ2v) is 7.41. The van der Waals surface area contributed by atoms with E-state index in [1.807, 2.05) is 38.1 Å². The molecule has 1 fully saturated rings. The van der Waals surface area contributed by atoms with Gasteiger partial charge in [0.1, 0.15) is 18.1 Å². The van der Waals surface area contributed by atoms with Gasteiger partial charge in [0.25, 0.3) is 0 Å². The number of aryl methyl sites for hydroxylation is 2. The van der Waals surface area contributed by atoms with Gasteiger partial charge >= 0.3 is 0 Å².